The van der Waals surface area contributed by atoms with Crippen molar-refractivity contribution in [2.75, 3.05) is 14.2 Å². The molecule has 0 radical (unpaired) electrons. The first-order valence-electron chi connectivity index (χ1n) is 6.24. The molecule has 2 aromatic carbocycles. The summed E-state index contributed by atoms with van der Waals surface area (Å²) in [7, 11) is 3.22. The number of benzene rings is 2. The number of methoxy groups -OCH3 is 2. The van der Waals surface area contributed by atoms with Crippen molar-refractivity contribution in [1.82, 2.24) is 5.43 Å². The summed E-state index contributed by atoms with van der Waals surface area (Å²) < 4.78 is 11.8. The van der Waals surface area contributed by atoms with E-state index in [-0.39, 0.29) is 6.04 Å². The van der Waals surface area contributed by atoms with Crippen molar-refractivity contribution < 1.29 is 9.47 Å². The van der Waals surface area contributed by atoms with E-state index in [1.807, 2.05) is 36.4 Å². The first-order chi connectivity index (χ1) is 10.1. The number of ether oxygens (including phenoxy) is 2. The van der Waals surface area contributed by atoms with Crippen molar-refractivity contribution in [3.05, 3.63) is 57.0 Å². The maximum Gasteiger partial charge on any atom is 0.127 e. The summed E-state index contributed by atoms with van der Waals surface area (Å²) in [6.07, 6.45) is 0. The van der Waals surface area contributed by atoms with Crippen molar-refractivity contribution in [3.8, 4) is 11.5 Å². The van der Waals surface area contributed by atoms with Crippen molar-refractivity contribution >= 4 is 27.5 Å². The van der Waals surface area contributed by atoms with Gasteiger partial charge in [-0.15, -0.1) is 0 Å². The van der Waals surface area contributed by atoms with Gasteiger partial charge in [0.25, 0.3) is 0 Å². The van der Waals surface area contributed by atoms with Gasteiger partial charge in [0.05, 0.1) is 25.8 Å². The Bertz CT molecular complexity index is 615. The van der Waals surface area contributed by atoms with Crippen LogP contribution in [0, 0.1) is 0 Å². The molecule has 0 aliphatic rings. The summed E-state index contributed by atoms with van der Waals surface area (Å²) in [5.74, 6) is 7.15. The van der Waals surface area contributed by atoms with Crippen molar-refractivity contribution in [2.24, 2.45) is 5.84 Å². The predicted molar refractivity (Wildman–Crippen MR) is 87.9 cm³/mol. The number of rotatable bonds is 5. The first-order valence-corrected chi connectivity index (χ1v) is 7.41. The summed E-state index contributed by atoms with van der Waals surface area (Å²) in [6, 6.07) is 10.8. The lowest BCUT2D eigenvalue weighted by Crippen LogP contribution is -2.29. The van der Waals surface area contributed by atoms with Gasteiger partial charge in [0.15, 0.2) is 0 Å². The maximum absolute atomic E-state index is 6.10. The molecule has 6 heteroatoms. The minimum absolute atomic E-state index is 0.329. The first kappa shape index (κ1) is 16.1. The van der Waals surface area contributed by atoms with Gasteiger partial charge >= 0.3 is 0 Å². The largest absolute Gasteiger partial charge is 0.496 e. The van der Waals surface area contributed by atoms with Crippen molar-refractivity contribution in [3.63, 3.8) is 0 Å². The molecule has 1 unspecified atom stereocenters. The van der Waals surface area contributed by atoms with Gasteiger partial charge in [0, 0.05) is 9.50 Å². The van der Waals surface area contributed by atoms with Gasteiger partial charge in [-0.05, 0) is 35.9 Å². The van der Waals surface area contributed by atoms with Gasteiger partial charge in [-0.1, -0.05) is 33.6 Å². The van der Waals surface area contributed by atoms with E-state index in [0.29, 0.717) is 16.5 Å². The molecule has 2 rings (SSSR count). The Balaban J connectivity index is 2.63. The molecule has 0 fully saturated rings. The van der Waals surface area contributed by atoms with Crippen LogP contribution in [-0.2, 0) is 0 Å². The summed E-state index contributed by atoms with van der Waals surface area (Å²) in [4.78, 5) is 0. The molecule has 0 saturated heterocycles. The van der Waals surface area contributed by atoms with Gasteiger partial charge in [0.1, 0.15) is 11.5 Å². The Morgan fingerprint density at radius 1 is 1.14 bits per heavy atom. The Hall–Kier alpha value is -1.27. The SMILES string of the molecule is COc1cccc(OC)c1C(NN)c1cc(Cl)ccc1Br. The van der Waals surface area contributed by atoms with Crippen LogP contribution < -0.4 is 20.7 Å². The molecule has 0 aliphatic heterocycles. The third-order valence-corrected chi connectivity index (χ3v) is 4.15. The molecule has 0 aliphatic carbocycles. The normalized spacial score (nSPS) is 12.0. The zero-order valence-corrected chi connectivity index (χ0v) is 14.0. The Morgan fingerprint density at radius 2 is 1.76 bits per heavy atom. The van der Waals surface area contributed by atoms with E-state index in [1.54, 1.807) is 14.2 Å². The van der Waals surface area contributed by atoms with Crippen molar-refractivity contribution in [1.29, 1.82) is 0 Å². The molecule has 0 spiro atoms. The minimum atomic E-state index is -0.329. The smallest absolute Gasteiger partial charge is 0.127 e. The average Bonchev–Trinajstić information content (AvgIpc) is 2.51. The number of hydrogen-bond donors (Lipinski definition) is 2. The summed E-state index contributed by atoms with van der Waals surface area (Å²) in [5, 5.41) is 0.627. The molecule has 112 valence electrons. The van der Waals surface area contributed by atoms with Crippen LogP contribution in [0.25, 0.3) is 0 Å². The molecule has 3 N–H and O–H groups in total. The second kappa shape index (κ2) is 7.13. The monoisotopic (exact) mass is 370 g/mol. The fourth-order valence-electron chi connectivity index (χ4n) is 2.23. The highest BCUT2D eigenvalue weighted by Gasteiger charge is 2.23. The van der Waals surface area contributed by atoms with Crippen LogP contribution in [0.15, 0.2) is 40.9 Å². The van der Waals surface area contributed by atoms with Crippen LogP contribution in [0.1, 0.15) is 17.2 Å². The number of nitrogens with two attached hydrogens (primary N) is 1. The molecule has 2 aromatic rings. The third-order valence-electron chi connectivity index (χ3n) is 3.19. The lowest BCUT2D eigenvalue weighted by Gasteiger charge is -2.23. The highest BCUT2D eigenvalue weighted by atomic mass is 79.9. The summed E-state index contributed by atoms with van der Waals surface area (Å²) in [5.41, 5.74) is 4.51. The lowest BCUT2D eigenvalue weighted by atomic mass is 9.97. The van der Waals surface area contributed by atoms with Crippen LogP contribution in [-0.4, -0.2) is 14.2 Å². The highest BCUT2D eigenvalue weighted by Crippen LogP contribution is 2.39. The van der Waals surface area contributed by atoms with Crippen LogP contribution in [0.5, 0.6) is 11.5 Å². The second-order valence-electron chi connectivity index (χ2n) is 4.34. The van der Waals surface area contributed by atoms with Gasteiger partial charge in [-0.2, -0.15) is 0 Å². The Kier molecular flexibility index (Phi) is 5.47. The van der Waals surface area contributed by atoms with E-state index < -0.39 is 0 Å². The number of hydrogen-bond acceptors (Lipinski definition) is 4. The second-order valence-corrected chi connectivity index (χ2v) is 5.63. The number of nitrogens with one attached hydrogen (secondary N) is 1. The summed E-state index contributed by atoms with van der Waals surface area (Å²) in [6.45, 7) is 0. The van der Waals surface area contributed by atoms with E-state index >= 15 is 0 Å². The number of hydrazine groups is 1. The fraction of sp³-hybridized carbons (Fsp3) is 0.200. The van der Waals surface area contributed by atoms with E-state index in [9.17, 15) is 0 Å². The van der Waals surface area contributed by atoms with Gasteiger partial charge in [0.2, 0.25) is 0 Å². The van der Waals surface area contributed by atoms with Gasteiger partial charge in [-0.3, -0.25) is 5.84 Å². The number of halogens is 2. The minimum Gasteiger partial charge on any atom is -0.496 e. The van der Waals surface area contributed by atoms with Gasteiger partial charge in [-0.25, -0.2) is 5.43 Å². The molecule has 0 saturated carbocycles. The molecular formula is C15H16BrClN2O2. The summed E-state index contributed by atoms with van der Waals surface area (Å²) >= 11 is 9.63. The fourth-order valence-corrected chi connectivity index (χ4v) is 2.88. The molecule has 0 amide bonds. The van der Waals surface area contributed by atoms with E-state index in [0.717, 1.165) is 15.6 Å². The zero-order chi connectivity index (χ0) is 15.4. The molecule has 0 aromatic heterocycles. The average molecular weight is 372 g/mol. The highest BCUT2D eigenvalue weighted by molar-refractivity contribution is 9.10. The molecule has 4 nitrogen and oxygen atoms in total. The standard InChI is InChI=1S/C15H16BrClN2O2/c1-20-12-4-3-5-13(21-2)14(12)15(19-18)10-8-9(17)6-7-11(10)16/h3-8,15,19H,18H2,1-2H3. The Morgan fingerprint density at radius 3 is 2.29 bits per heavy atom. The lowest BCUT2D eigenvalue weighted by molar-refractivity contribution is 0.377. The predicted octanol–water partition coefficient (Wildman–Crippen LogP) is 3.67. The molecule has 0 bridgehead atoms. The van der Waals surface area contributed by atoms with Crippen LogP contribution in [0.2, 0.25) is 5.02 Å². The van der Waals surface area contributed by atoms with Crippen LogP contribution in [0.3, 0.4) is 0 Å². The molecule has 21 heavy (non-hydrogen) atoms. The van der Waals surface area contributed by atoms with E-state index in [4.69, 9.17) is 26.9 Å². The topological polar surface area (TPSA) is 56.5 Å². The quantitative estimate of drug-likeness (QED) is 0.622. The molecule has 1 atom stereocenters. The van der Waals surface area contributed by atoms with Crippen LogP contribution >= 0.6 is 27.5 Å². The Labute approximate surface area is 137 Å². The van der Waals surface area contributed by atoms with Crippen molar-refractivity contribution in [2.45, 2.75) is 6.04 Å². The van der Waals surface area contributed by atoms with Gasteiger partial charge < -0.3 is 9.47 Å². The van der Waals surface area contributed by atoms with E-state index in [2.05, 4.69) is 21.4 Å². The van der Waals surface area contributed by atoms with E-state index in [1.165, 1.54) is 0 Å². The third kappa shape index (κ3) is 3.32. The maximum atomic E-state index is 6.10. The molecular weight excluding hydrogens is 356 g/mol. The van der Waals surface area contributed by atoms with Crippen LogP contribution in [0.4, 0.5) is 0 Å². The zero-order valence-electron chi connectivity index (χ0n) is 11.7. The molecule has 0 heterocycles.